The lowest BCUT2D eigenvalue weighted by Crippen LogP contribution is -2.06. The summed E-state index contributed by atoms with van der Waals surface area (Å²) in [6.45, 7) is 0. The molecule has 2 aromatic rings. The summed E-state index contributed by atoms with van der Waals surface area (Å²) in [5.41, 5.74) is 2.65. The number of hydrogen-bond donors (Lipinski definition) is 0. The van der Waals surface area contributed by atoms with Crippen molar-refractivity contribution in [3.8, 4) is 11.4 Å². The summed E-state index contributed by atoms with van der Waals surface area (Å²) in [6, 6.07) is 1.71. The Bertz CT molecular complexity index is 627. The SMILES string of the molecule is Cn1cnc(-c2nccc3c2N=CCC3=O)c1. The maximum absolute atomic E-state index is 11.7. The van der Waals surface area contributed by atoms with Crippen LogP contribution in [0.5, 0.6) is 0 Å². The number of imidazole rings is 1. The van der Waals surface area contributed by atoms with E-state index in [2.05, 4.69) is 15.0 Å². The number of aryl methyl sites for hydroxylation is 1. The fraction of sp³-hybridized carbons (Fsp3) is 0.167. The van der Waals surface area contributed by atoms with Crippen molar-refractivity contribution in [3.63, 3.8) is 0 Å². The van der Waals surface area contributed by atoms with Crippen LogP contribution in [0, 0.1) is 0 Å². The van der Waals surface area contributed by atoms with Gasteiger partial charge in [-0.15, -0.1) is 0 Å². The Morgan fingerprint density at radius 2 is 2.24 bits per heavy atom. The number of ketones is 1. The molecule has 3 rings (SSSR count). The van der Waals surface area contributed by atoms with Crippen molar-refractivity contribution in [3.05, 3.63) is 30.4 Å². The molecule has 0 bridgehead atoms. The van der Waals surface area contributed by atoms with Gasteiger partial charge in [-0.05, 0) is 6.07 Å². The average molecular weight is 226 g/mol. The van der Waals surface area contributed by atoms with Crippen LogP contribution in [0.2, 0.25) is 0 Å². The molecule has 84 valence electrons. The first-order valence-electron chi connectivity index (χ1n) is 5.29. The van der Waals surface area contributed by atoms with Crippen LogP contribution in [0.25, 0.3) is 11.4 Å². The van der Waals surface area contributed by atoms with Gasteiger partial charge >= 0.3 is 0 Å². The Labute approximate surface area is 97.9 Å². The molecule has 0 saturated carbocycles. The normalized spacial score (nSPS) is 13.8. The van der Waals surface area contributed by atoms with Gasteiger partial charge in [0.05, 0.1) is 6.33 Å². The van der Waals surface area contributed by atoms with Gasteiger partial charge in [-0.25, -0.2) is 4.98 Å². The van der Waals surface area contributed by atoms with Crippen LogP contribution in [0.4, 0.5) is 5.69 Å². The number of aliphatic imine (C=N–C) groups is 1. The molecular weight excluding hydrogens is 216 g/mol. The molecule has 0 amide bonds. The van der Waals surface area contributed by atoms with Crippen LogP contribution in [0.3, 0.4) is 0 Å². The zero-order valence-electron chi connectivity index (χ0n) is 9.29. The van der Waals surface area contributed by atoms with E-state index in [0.717, 1.165) is 5.69 Å². The van der Waals surface area contributed by atoms with Crippen molar-refractivity contribution in [2.45, 2.75) is 6.42 Å². The van der Waals surface area contributed by atoms with Gasteiger partial charge in [0, 0.05) is 37.6 Å². The molecule has 5 nitrogen and oxygen atoms in total. The molecule has 1 aliphatic rings. The van der Waals surface area contributed by atoms with Crippen LogP contribution in [-0.2, 0) is 7.05 Å². The minimum Gasteiger partial charge on any atom is -0.340 e. The lowest BCUT2D eigenvalue weighted by Gasteiger charge is -2.10. The second-order valence-electron chi connectivity index (χ2n) is 3.92. The van der Waals surface area contributed by atoms with Crippen LogP contribution in [0.15, 0.2) is 29.8 Å². The number of aromatic nitrogens is 3. The molecule has 0 radical (unpaired) electrons. The van der Waals surface area contributed by atoms with Gasteiger partial charge in [-0.1, -0.05) is 0 Å². The highest BCUT2D eigenvalue weighted by Gasteiger charge is 2.19. The maximum Gasteiger partial charge on any atom is 0.170 e. The van der Waals surface area contributed by atoms with Gasteiger partial charge in [0.25, 0.3) is 0 Å². The van der Waals surface area contributed by atoms with E-state index in [0.29, 0.717) is 23.4 Å². The van der Waals surface area contributed by atoms with Crippen LogP contribution >= 0.6 is 0 Å². The molecule has 5 heteroatoms. The number of carbonyl (C=O) groups is 1. The lowest BCUT2D eigenvalue weighted by molar-refractivity contribution is 0.100. The van der Waals surface area contributed by atoms with E-state index in [4.69, 9.17) is 0 Å². The van der Waals surface area contributed by atoms with Crippen molar-refractivity contribution in [2.75, 3.05) is 0 Å². The molecule has 1 aliphatic heterocycles. The van der Waals surface area contributed by atoms with E-state index in [-0.39, 0.29) is 5.78 Å². The number of carbonyl (C=O) groups excluding carboxylic acids is 1. The van der Waals surface area contributed by atoms with E-state index < -0.39 is 0 Å². The largest absolute Gasteiger partial charge is 0.340 e. The summed E-state index contributed by atoms with van der Waals surface area (Å²) in [6.07, 6.45) is 7.17. The molecule has 0 atom stereocenters. The van der Waals surface area contributed by atoms with Crippen molar-refractivity contribution in [2.24, 2.45) is 12.0 Å². The molecule has 0 N–H and O–H groups in total. The first-order chi connectivity index (χ1) is 8.25. The Hall–Kier alpha value is -2.30. The second-order valence-corrected chi connectivity index (χ2v) is 3.92. The third kappa shape index (κ3) is 1.56. The number of fused-ring (bicyclic) bond motifs is 1. The highest BCUT2D eigenvalue weighted by atomic mass is 16.1. The summed E-state index contributed by atoms with van der Waals surface area (Å²) >= 11 is 0. The minimum absolute atomic E-state index is 0.0783. The predicted molar refractivity (Wildman–Crippen MR) is 63.5 cm³/mol. The molecule has 3 heterocycles. The summed E-state index contributed by atoms with van der Waals surface area (Å²) in [7, 11) is 1.89. The maximum atomic E-state index is 11.7. The second kappa shape index (κ2) is 3.62. The minimum atomic E-state index is 0.0783. The third-order valence-corrected chi connectivity index (χ3v) is 2.67. The smallest absolute Gasteiger partial charge is 0.170 e. The molecule has 0 aliphatic carbocycles. The first kappa shape index (κ1) is 9.89. The summed E-state index contributed by atoms with van der Waals surface area (Å²) in [4.78, 5) is 24.5. The van der Waals surface area contributed by atoms with E-state index in [1.807, 2.05) is 17.8 Å². The van der Waals surface area contributed by atoms with Crippen molar-refractivity contribution < 1.29 is 4.79 Å². The van der Waals surface area contributed by atoms with Crippen LogP contribution in [0.1, 0.15) is 16.8 Å². The lowest BCUT2D eigenvalue weighted by atomic mass is 10.0. The van der Waals surface area contributed by atoms with E-state index in [1.54, 1.807) is 24.8 Å². The van der Waals surface area contributed by atoms with E-state index in [1.165, 1.54) is 0 Å². The van der Waals surface area contributed by atoms with Crippen molar-refractivity contribution in [1.29, 1.82) is 0 Å². The monoisotopic (exact) mass is 226 g/mol. The molecule has 17 heavy (non-hydrogen) atoms. The molecule has 0 saturated heterocycles. The molecule has 0 unspecified atom stereocenters. The number of nitrogens with zero attached hydrogens (tertiary/aromatic N) is 4. The summed E-state index contributed by atoms with van der Waals surface area (Å²) in [5, 5.41) is 0. The highest BCUT2D eigenvalue weighted by Crippen LogP contribution is 2.32. The molecular formula is C12H10N4O. The fourth-order valence-corrected chi connectivity index (χ4v) is 1.86. The first-order valence-corrected chi connectivity index (χ1v) is 5.29. The Morgan fingerprint density at radius 3 is 3.00 bits per heavy atom. The highest BCUT2D eigenvalue weighted by molar-refractivity contribution is 6.11. The van der Waals surface area contributed by atoms with Gasteiger partial charge in [-0.2, -0.15) is 0 Å². The topological polar surface area (TPSA) is 60.1 Å². The standard InChI is InChI=1S/C12H10N4O/c1-16-6-9(15-7-16)12-11-8(2-4-14-12)10(17)3-5-13-11/h2,4-7H,3H2,1H3. The van der Waals surface area contributed by atoms with Crippen LogP contribution in [-0.4, -0.2) is 26.5 Å². The zero-order valence-corrected chi connectivity index (χ0v) is 9.29. The molecule has 0 aromatic carbocycles. The number of hydrogen-bond acceptors (Lipinski definition) is 4. The molecule has 2 aromatic heterocycles. The van der Waals surface area contributed by atoms with Gasteiger partial charge in [0.2, 0.25) is 0 Å². The van der Waals surface area contributed by atoms with Gasteiger partial charge in [0.15, 0.2) is 5.78 Å². The van der Waals surface area contributed by atoms with Crippen molar-refractivity contribution >= 4 is 17.7 Å². The predicted octanol–water partition coefficient (Wildman–Crippen LogP) is 1.77. The molecule has 0 fully saturated rings. The number of rotatable bonds is 1. The Morgan fingerprint density at radius 1 is 1.35 bits per heavy atom. The average Bonchev–Trinajstić information content (AvgIpc) is 2.76. The van der Waals surface area contributed by atoms with Gasteiger partial charge < -0.3 is 4.57 Å². The number of Topliss-reactive ketones (excluding diaryl/α,β-unsaturated/α-hetero) is 1. The zero-order chi connectivity index (χ0) is 11.8. The van der Waals surface area contributed by atoms with Crippen molar-refractivity contribution in [1.82, 2.24) is 14.5 Å². The van der Waals surface area contributed by atoms with Crippen LogP contribution < -0.4 is 0 Å². The van der Waals surface area contributed by atoms with Gasteiger partial charge in [-0.3, -0.25) is 14.8 Å². The van der Waals surface area contributed by atoms with Gasteiger partial charge in [0.1, 0.15) is 17.1 Å². The summed E-state index contributed by atoms with van der Waals surface area (Å²) in [5.74, 6) is 0.0783. The Kier molecular flexibility index (Phi) is 2.11. The van der Waals surface area contributed by atoms with E-state index >= 15 is 0 Å². The molecule has 0 spiro atoms. The quantitative estimate of drug-likeness (QED) is 0.744. The van der Waals surface area contributed by atoms with E-state index in [9.17, 15) is 4.79 Å². The Balaban J connectivity index is 2.23. The summed E-state index contributed by atoms with van der Waals surface area (Å²) < 4.78 is 1.84. The number of pyridine rings is 1. The fourth-order valence-electron chi connectivity index (χ4n) is 1.86. The third-order valence-electron chi connectivity index (χ3n) is 2.67.